The average molecular weight is 337 g/mol. The summed E-state index contributed by atoms with van der Waals surface area (Å²) in [6, 6.07) is 14.9. The number of methoxy groups -OCH3 is 1. The third-order valence-corrected chi connectivity index (χ3v) is 3.69. The van der Waals surface area contributed by atoms with Gasteiger partial charge in [-0.25, -0.2) is 0 Å². The van der Waals surface area contributed by atoms with E-state index in [0.29, 0.717) is 36.1 Å². The van der Waals surface area contributed by atoms with Gasteiger partial charge in [-0.3, -0.25) is 4.79 Å². The number of nitrogens with one attached hydrogen (secondary N) is 1. The maximum absolute atomic E-state index is 12.1. The fraction of sp³-hybridized carbons (Fsp3) is 0.211. The minimum absolute atomic E-state index is 0.169. The standard InChI is InChI=1S/C19H19N3O3/c1-13-5-3-7-15(11-13)19-22-21-17(25-19)9-10-20-18(23)14-6-4-8-16(12-14)24-2/h3-8,11-12H,9-10H2,1-2H3,(H,20,23). The molecule has 0 aliphatic carbocycles. The number of carbonyl (C=O) groups is 1. The number of carbonyl (C=O) groups excluding carboxylic acids is 1. The van der Waals surface area contributed by atoms with E-state index in [-0.39, 0.29) is 5.91 Å². The smallest absolute Gasteiger partial charge is 0.251 e. The fourth-order valence-electron chi connectivity index (χ4n) is 2.40. The fourth-order valence-corrected chi connectivity index (χ4v) is 2.40. The molecule has 3 aromatic rings. The lowest BCUT2D eigenvalue weighted by molar-refractivity contribution is 0.0953. The lowest BCUT2D eigenvalue weighted by Crippen LogP contribution is -2.25. The molecule has 0 aliphatic heterocycles. The number of aryl methyl sites for hydroxylation is 1. The molecule has 1 aromatic heterocycles. The molecule has 3 rings (SSSR count). The number of rotatable bonds is 6. The highest BCUT2D eigenvalue weighted by atomic mass is 16.5. The Bertz CT molecular complexity index is 874. The molecule has 0 bridgehead atoms. The first-order chi connectivity index (χ1) is 12.2. The van der Waals surface area contributed by atoms with Gasteiger partial charge >= 0.3 is 0 Å². The second-order valence-electron chi connectivity index (χ2n) is 5.61. The van der Waals surface area contributed by atoms with Crippen molar-refractivity contribution in [3.05, 3.63) is 65.5 Å². The van der Waals surface area contributed by atoms with E-state index in [0.717, 1.165) is 11.1 Å². The van der Waals surface area contributed by atoms with Gasteiger partial charge in [-0.05, 0) is 37.3 Å². The Morgan fingerprint density at radius 3 is 2.80 bits per heavy atom. The van der Waals surface area contributed by atoms with Crippen molar-refractivity contribution in [2.24, 2.45) is 0 Å². The van der Waals surface area contributed by atoms with Crippen molar-refractivity contribution in [2.45, 2.75) is 13.3 Å². The van der Waals surface area contributed by atoms with Crippen LogP contribution in [0.4, 0.5) is 0 Å². The van der Waals surface area contributed by atoms with Gasteiger partial charge in [0.2, 0.25) is 11.8 Å². The highest BCUT2D eigenvalue weighted by molar-refractivity contribution is 5.94. The summed E-state index contributed by atoms with van der Waals surface area (Å²) < 4.78 is 10.8. The van der Waals surface area contributed by atoms with Crippen molar-refractivity contribution in [3.8, 4) is 17.2 Å². The van der Waals surface area contributed by atoms with E-state index in [1.807, 2.05) is 31.2 Å². The SMILES string of the molecule is COc1cccc(C(=O)NCCc2nnc(-c3cccc(C)c3)o2)c1. The molecule has 6 heteroatoms. The zero-order valence-electron chi connectivity index (χ0n) is 14.2. The molecule has 25 heavy (non-hydrogen) atoms. The van der Waals surface area contributed by atoms with E-state index in [9.17, 15) is 4.79 Å². The Morgan fingerprint density at radius 1 is 1.16 bits per heavy atom. The van der Waals surface area contributed by atoms with Crippen LogP contribution in [0.3, 0.4) is 0 Å². The number of benzene rings is 2. The monoisotopic (exact) mass is 337 g/mol. The first-order valence-corrected chi connectivity index (χ1v) is 7.97. The highest BCUT2D eigenvalue weighted by Gasteiger charge is 2.10. The molecule has 0 fully saturated rings. The Labute approximate surface area is 145 Å². The molecule has 0 saturated carbocycles. The molecule has 128 valence electrons. The second-order valence-corrected chi connectivity index (χ2v) is 5.61. The Morgan fingerprint density at radius 2 is 2.00 bits per heavy atom. The van der Waals surface area contributed by atoms with E-state index in [1.165, 1.54) is 0 Å². The van der Waals surface area contributed by atoms with Crippen LogP contribution in [-0.4, -0.2) is 29.8 Å². The molecule has 0 aliphatic rings. The van der Waals surface area contributed by atoms with Gasteiger partial charge in [-0.15, -0.1) is 10.2 Å². The minimum atomic E-state index is -0.169. The van der Waals surface area contributed by atoms with Crippen LogP contribution in [0.15, 0.2) is 52.9 Å². The van der Waals surface area contributed by atoms with Gasteiger partial charge in [0.15, 0.2) is 0 Å². The maximum Gasteiger partial charge on any atom is 0.251 e. The van der Waals surface area contributed by atoms with Gasteiger partial charge in [0.25, 0.3) is 5.91 Å². The van der Waals surface area contributed by atoms with Gasteiger partial charge in [0, 0.05) is 24.1 Å². The van der Waals surface area contributed by atoms with Crippen molar-refractivity contribution in [2.75, 3.05) is 13.7 Å². The summed E-state index contributed by atoms with van der Waals surface area (Å²) in [7, 11) is 1.57. The number of ether oxygens (including phenoxy) is 1. The number of aromatic nitrogens is 2. The summed E-state index contributed by atoms with van der Waals surface area (Å²) in [6.45, 7) is 2.42. The molecule has 0 saturated heterocycles. The van der Waals surface area contributed by atoms with Crippen LogP contribution < -0.4 is 10.1 Å². The quantitative estimate of drug-likeness (QED) is 0.748. The molecule has 0 unspecified atom stereocenters. The van der Waals surface area contributed by atoms with E-state index >= 15 is 0 Å². The van der Waals surface area contributed by atoms with E-state index in [1.54, 1.807) is 31.4 Å². The first kappa shape index (κ1) is 16.7. The Balaban J connectivity index is 1.56. The molecular weight excluding hydrogens is 318 g/mol. The largest absolute Gasteiger partial charge is 0.497 e. The van der Waals surface area contributed by atoms with E-state index in [4.69, 9.17) is 9.15 Å². The van der Waals surface area contributed by atoms with Crippen LogP contribution in [-0.2, 0) is 6.42 Å². The van der Waals surface area contributed by atoms with Gasteiger partial charge in [-0.2, -0.15) is 0 Å². The number of hydrogen-bond donors (Lipinski definition) is 1. The summed E-state index contributed by atoms with van der Waals surface area (Å²) in [4.78, 5) is 12.1. The van der Waals surface area contributed by atoms with Gasteiger partial charge in [0.05, 0.1) is 7.11 Å². The molecule has 0 atom stereocenters. The van der Waals surface area contributed by atoms with Crippen molar-refractivity contribution in [1.82, 2.24) is 15.5 Å². The van der Waals surface area contributed by atoms with Crippen LogP contribution in [0, 0.1) is 6.92 Å². The Hall–Kier alpha value is -3.15. The third-order valence-electron chi connectivity index (χ3n) is 3.69. The molecule has 0 spiro atoms. The summed E-state index contributed by atoms with van der Waals surface area (Å²) in [5.41, 5.74) is 2.56. The maximum atomic E-state index is 12.1. The Kier molecular flexibility index (Phi) is 5.09. The summed E-state index contributed by atoms with van der Waals surface area (Å²) in [5.74, 6) is 1.45. The predicted octanol–water partition coefficient (Wildman–Crippen LogP) is 3.03. The lowest BCUT2D eigenvalue weighted by Gasteiger charge is -2.05. The van der Waals surface area contributed by atoms with Crippen LogP contribution in [0.5, 0.6) is 5.75 Å². The highest BCUT2D eigenvalue weighted by Crippen LogP contribution is 2.19. The molecular formula is C19H19N3O3. The van der Waals surface area contributed by atoms with E-state index < -0.39 is 0 Å². The molecule has 1 amide bonds. The summed E-state index contributed by atoms with van der Waals surface area (Å²) in [6.07, 6.45) is 0.467. The minimum Gasteiger partial charge on any atom is -0.497 e. The van der Waals surface area contributed by atoms with Crippen molar-refractivity contribution in [1.29, 1.82) is 0 Å². The molecule has 1 heterocycles. The van der Waals surface area contributed by atoms with Crippen LogP contribution >= 0.6 is 0 Å². The van der Waals surface area contributed by atoms with E-state index in [2.05, 4.69) is 15.5 Å². The van der Waals surface area contributed by atoms with Crippen molar-refractivity contribution >= 4 is 5.91 Å². The van der Waals surface area contributed by atoms with Gasteiger partial charge in [0.1, 0.15) is 5.75 Å². The normalized spacial score (nSPS) is 10.5. The average Bonchev–Trinajstić information content (AvgIpc) is 3.10. The van der Waals surface area contributed by atoms with Crippen molar-refractivity contribution in [3.63, 3.8) is 0 Å². The molecule has 1 N–H and O–H groups in total. The predicted molar refractivity (Wildman–Crippen MR) is 93.5 cm³/mol. The number of hydrogen-bond acceptors (Lipinski definition) is 5. The topological polar surface area (TPSA) is 77.2 Å². The molecule has 0 radical (unpaired) electrons. The number of nitrogens with zero attached hydrogens (tertiary/aromatic N) is 2. The zero-order valence-corrected chi connectivity index (χ0v) is 14.2. The molecule has 2 aromatic carbocycles. The lowest BCUT2D eigenvalue weighted by atomic mass is 10.1. The van der Waals surface area contributed by atoms with Crippen LogP contribution in [0.1, 0.15) is 21.8 Å². The second kappa shape index (κ2) is 7.61. The zero-order chi connectivity index (χ0) is 17.6. The third kappa shape index (κ3) is 4.23. The first-order valence-electron chi connectivity index (χ1n) is 7.97. The van der Waals surface area contributed by atoms with Crippen LogP contribution in [0.2, 0.25) is 0 Å². The summed E-state index contributed by atoms with van der Waals surface area (Å²) in [5, 5.41) is 10.9. The van der Waals surface area contributed by atoms with Crippen LogP contribution in [0.25, 0.3) is 11.5 Å². The number of amides is 1. The van der Waals surface area contributed by atoms with Crippen molar-refractivity contribution < 1.29 is 13.9 Å². The van der Waals surface area contributed by atoms with Gasteiger partial charge < -0.3 is 14.5 Å². The van der Waals surface area contributed by atoms with Gasteiger partial charge in [-0.1, -0.05) is 23.8 Å². The summed E-state index contributed by atoms with van der Waals surface area (Å²) >= 11 is 0. The molecule has 6 nitrogen and oxygen atoms in total.